The molecule has 3 heterocycles. The highest BCUT2D eigenvalue weighted by Gasteiger charge is 2.42. The van der Waals surface area contributed by atoms with Gasteiger partial charge >= 0.3 is 0 Å². The minimum absolute atomic E-state index is 0.0838. The van der Waals surface area contributed by atoms with Gasteiger partial charge in [-0.2, -0.15) is 0 Å². The van der Waals surface area contributed by atoms with Gasteiger partial charge in [-0.05, 0) is 23.6 Å². The van der Waals surface area contributed by atoms with Crippen LogP contribution >= 0.6 is 11.3 Å². The van der Waals surface area contributed by atoms with Crippen molar-refractivity contribution in [3.05, 3.63) is 68.2 Å². The molecule has 2 aromatic heterocycles. The first-order valence-electron chi connectivity index (χ1n) is 7.23. The van der Waals surface area contributed by atoms with Gasteiger partial charge < -0.3 is 14.4 Å². The predicted molar refractivity (Wildman–Crippen MR) is 86.8 cm³/mol. The van der Waals surface area contributed by atoms with Crippen LogP contribution < -0.4 is 5.43 Å². The fourth-order valence-electron chi connectivity index (χ4n) is 3.05. The summed E-state index contributed by atoms with van der Waals surface area (Å²) in [6.07, 6.45) is 0. The molecular formula is C17H13NO4S. The molecule has 0 fully saturated rings. The molecular weight excluding hydrogens is 314 g/mol. The van der Waals surface area contributed by atoms with Crippen LogP contribution in [0.15, 0.2) is 51.0 Å². The van der Waals surface area contributed by atoms with Crippen molar-refractivity contribution in [2.75, 3.05) is 13.2 Å². The minimum Gasteiger partial charge on any atom is -0.450 e. The molecule has 1 aromatic carbocycles. The molecule has 3 aromatic rings. The lowest BCUT2D eigenvalue weighted by molar-refractivity contribution is 0.0693. The number of fused-ring (bicyclic) bond motifs is 2. The Morgan fingerprint density at radius 2 is 2.00 bits per heavy atom. The Labute approximate surface area is 135 Å². The largest absolute Gasteiger partial charge is 0.450 e. The third-order valence-corrected chi connectivity index (χ3v) is 4.95. The summed E-state index contributed by atoms with van der Waals surface area (Å²) < 4.78 is 5.73. The first kappa shape index (κ1) is 14.2. The van der Waals surface area contributed by atoms with E-state index < -0.39 is 6.04 Å². The van der Waals surface area contributed by atoms with Crippen molar-refractivity contribution in [2.45, 2.75) is 6.04 Å². The number of benzene rings is 1. The van der Waals surface area contributed by atoms with E-state index in [2.05, 4.69) is 0 Å². The van der Waals surface area contributed by atoms with Gasteiger partial charge in [0.1, 0.15) is 5.58 Å². The maximum atomic E-state index is 12.9. The molecule has 1 N–H and O–H groups in total. The fourth-order valence-corrected chi connectivity index (χ4v) is 3.89. The lowest BCUT2D eigenvalue weighted by atomic mass is 10.0. The third-order valence-electron chi connectivity index (χ3n) is 4.03. The van der Waals surface area contributed by atoms with Crippen molar-refractivity contribution in [2.24, 2.45) is 0 Å². The van der Waals surface area contributed by atoms with Crippen molar-refractivity contribution in [3.8, 4) is 0 Å². The number of hydrogen-bond donors (Lipinski definition) is 1. The number of para-hydroxylation sites is 1. The zero-order chi connectivity index (χ0) is 16.0. The summed E-state index contributed by atoms with van der Waals surface area (Å²) >= 11 is 1.47. The summed E-state index contributed by atoms with van der Waals surface area (Å²) in [6.45, 7) is -0.0172. The molecule has 116 valence electrons. The topological polar surface area (TPSA) is 70.8 Å². The summed E-state index contributed by atoms with van der Waals surface area (Å²) in [7, 11) is 0. The SMILES string of the molecule is O=C1c2oc3ccccc3c(=O)c2C(c2cccs2)N1CCO. The molecule has 0 radical (unpaired) electrons. The van der Waals surface area contributed by atoms with Crippen LogP contribution in [0.5, 0.6) is 0 Å². The molecule has 1 amide bonds. The average molecular weight is 327 g/mol. The molecule has 4 rings (SSSR count). The van der Waals surface area contributed by atoms with E-state index in [1.54, 1.807) is 24.3 Å². The Kier molecular flexibility index (Phi) is 3.28. The van der Waals surface area contributed by atoms with Crippen LogP contribution in [-0.4, -0.2) is 29.1 Å². The number of hydrogen-bond acceptors (Lipinski definition) is 5. The zero-order valence-electron chi connectivity index (χ0n) is 12.1. The highest BCUT2D eigenvalue weighted by molar-refractivity contribution is 7.10. The number of rotatable bonds is 3. The van der Waals surface area contributed by atoms with E-state index in [9.17, 15) is 14.7 Å². The Bertz CT molecular complexity index is 945. The monoisotopic (exact) mass is 327 g/mol. The fraction of sp³-hybridized carbons (Fsp3) is 0.176. The van der Waals surface area contributed by atoms with Gasteiger partial charge in [0.05, 0.1) is 23.6 Å². The summed E-state index contributed by atoms with van der Waals surface area (Å²) in [5.41, 5.74) is 0.582. The van der Waals surface area contributed by atoms with Gasteiger partial charge in [-0.15, -0.1) is 11.3 Å². The van der Waals surface area contributed by atoms with E-state index in [1.807, 2.05) is 17.5 Å². The lowest BCUT2D eigenvalue weighted by Gasteiger charge is -2.22. The second-order valence-corrected chi connectivity index (χ2v) is 6.29. The van der Waals surface area contributed by atoms with Crippen molar-refractivity contribution in [1.82, 2.24) is 4.90 Å². The average Bonchev–Trinajstić information content (AvgIpc) is 3.17. The van der Waals surface area contributed by atoms with E-state index in [4.69, 9.17) is 4.42 Å². The maximum Gasteiger partial charge on any atom is 0.291 e. The molecule has 0 saturated carbocycles. The number of β-amino-alcohol motifs (C(OH)–C–C–N with tert-alkyl or cyclic N) is 1. The molecule has 6 heteroatoms. The number of aliphatic hydroxyl groups is 1. The van der Waals surface area contributed by atoms with Crippen molar-refractivity contribution < 1.29 is 14.3 Å². The molecule has 1 aliphatic heterocycles. The Balaban J connectivity index is 2.03. The summed E-state index contributed by atoms with van der Waals surface area (Å²) in [5, 5.41) is 11.7. The standard InChI is InChI=1S/C17H13NO4S/c19-8-7-18-14(12-6-3-9-23-12)13-15(20)10-4-1-2-5-11(10)22-16(13)17(18)21/h1-6,9,14,19H,7-8H2. The Morgan fingerprint density at radius 3 is 2.74 bits per heavy atom. The van der Waals surface area contributed by atoms with Gasteiger partial charge in [0.25, 0.3) is 5.91 Å². The first-order chi connectivity index (χ1) is 11.2. The highest BCUT2D eigenvalue weighted by Crippen LogP contribution is 2.39. The predicted octanol–water partition coefficient (Wildman–Crippen LogP) is 2.39. The van der Waals surface area contributed by atoms with Crippen molar-refractivity contribution in [3.63, 3.8) is 0 Å². The molecule has 0 aliphatic carbocycles. The van der Waals surface area contributed by atoms with Gasteiger partial charge in [0.15, 0.2) is 5.43 Å². The summed E-state index contributed by atoms with van der Waals surface area (Å²) in [6, 6.07) is 10.2. The van der Waals surface area contributed by atoms with Crippen LogP contribution in [0.1, 0.15) is 27.0 Å². The van der Waals surface area contributed by atoms with Gasteiger partial charge in [-0.1, -0.05) is 18.2 Å². The van der Waals surface area contributed by atoms with Crippen LogP contribution in [-0.2, 0) is 0 Å². The van der Waals surface area contributed by atoms with E-state index in [0.29, 0.717) is 16.5 Å². The van der Waals surface area contributed by atoms with E-state index in [0.717, 1.165) is 4.88 Å². The molecule has 1 unspecified atom stereocenters. The molecule has 0 saturated heterocycles. The van der Waals surface area contributed by atoms with Crippen molar-refractivity contribution >= 4 is 28.2 Å². The lowest BCUT2D eigenvalue weighted by Crippen LogP contribution is -2.31. The quantitative estimate of drug-likeness (QED) is 0.802. The van der Waals surface area contributed by atoms with Crippen LogP contribution in [0.3, 0.4) is 0 Å². The number of carbonyl (C=O) groups excluding carboxylic acids is 1. The minimum atomic E-state index is -0.495. The molecule has 0 bridgehead atoms. The normalized spacial score (nSPS) is 17.0. The van der Waals surface area contributed by atoms with E-state index in [-0.39, 0.29) is 30.2 Å². The number of carbonyl (C=O) groups is 1. The van der Waals surface area contributed by atoms with Gasteiger partial charge in [-0.3, -0.25) is 9.59 Å². The number of nitrogens with zero attached hydrogens (tertiary/aromatic N) is 1. The van der Waals surface area contributed by atoms with Crippen LogP contribution in [0, 0.1) is 0 Å². The van der Waals surface area contributed by atoms with Gasteiger partial charge in [-0.25, -0.2) is 0 Å². The number of thiophene rings is 1. The zero-order valence-corrected chi connectivity index (χ0v) is 12.9. The second-order valence-electron chi connectivity index (χ2n) is 5.31. The molecule has 1 atom stereocenters. The Hall–Kier alpha value is -2.44. The molecule has 0 spiro atoms. The smallest absolute Gasteiger partial charge is 0.291 e. The molecule has 1 aliphatic rings. The summed E-state index contributed by atoms with van der Waals surface area (Å²) in [4.78, 5) is 28.0. The molecule has 23 heavy (non-hydrogen) atoms. The third kappa shape index (κ3) is 2.03. The molecule has 5 nitrogen and oxygen atoms in total. The summed E-state index contributed by atoms with van der Waals surface area (Å²) in [5.74, 6) is -0.268. The maximum absolute atomic E-state index is 12.9. The van der Waals surface area contributed by atoms with E-state index >= 15 is 0 Å². The van der Waals surface area contributed by atoms with Gasteiger partial charge in [0.2, 0.25) is 5.76 Å². The number of amides is 1. The highest BCUT2D eigenvalue weighted by atomic mass is 32.1. The second kappa shape index (κ2) is 5.33. The number of aliphatic hydroxyl groups excluding tert-OH is 1. The first-order valence-corrected chi connectivity index (χ1v) is 8.11. The van der Waals surface area contributed by atoms with Crippen molar-refractivity contribution in [1.29, 1.82) is 0 Å². The van der Waals surface area contributed by atoms with Crippen LogP contribution in [0.25, 0.3) is 11.0 Å². The van der Waals surface area contributed by atoms with Crippen LogP contribution in [0.4, 0.5) is 0 Å². The van der Waals surface area contributed by atoms with Crippen LogP contribution in [0.2, 0.25) is 0 Å². The Morgan fingerprint density at radius 1 is 1.17 bits per heavy atom. The van der Waals surface area contributed by atoms with Gasteiger partial charge in [0, 0.05) is 11.4 Å². The van der Waals surface area contributed by atoms with E-state index in [1.165, 1.54) is 16.2 Å².